The van der Waals surface area contributed by atoms with Crippen molar-refractivity contribution in [3.05, 3.63) is 41.3 Å². The Morgan fingerprint density at radius 1 is 1.39 bits per heavy atom. The molecule has 2 rings (SSSR count). The van der Waals surface area contributed by atoms with E-state index in [1.165, 1.54) is 6.33 Å². The van der Waals surface area contributed by atoms with Crippen molar-refractivity contribution in [3.63, 3.8) is 0 Å². The second kappa shape index (κ2) is 6.23. The van der Waals surface area contributed by atoms with Crippen molar-refractivity contribution >= 4 is 17.4 Å². The van der Waals surface area contributed by atoms with Crippen molar-refractivity contribution in [2.24, 2.45) is 0 Å². The third-order valence-electron chi connectivity index (χ3n) is 2.11. The number of aromatic nitrogens is 4. The lowest BCUT2D eigenvalue weighted by Gasteiger charge is -2.07. The lowest BCUT2D eigenvalue weighted by molar-refractivity contribution is 0.178. The second-order valence-electron chi connectivity index (χ2n) is 3.48. The fourth-order valence-electron chi connectivity index (χ4n) is 1.35. The summed E-state index contributed by atoms with van der Waals surface area (Å²) in [6.07, 6.45) is 3.19. The highest BCUT2D eigenvalue weighted by atomic mass is 35.5. The molecule has 0 saturated carbocycles. The van der Waals surface area contributed by atoms with Gasteiger partial charge < -0.3 is 10.1 Å². The van der Waals surface area contributed by atoms with E-state index in [1.54, 1.807) is 19.4 Å². The maximum atomic E-state index is 5.90. The molecule has 2 aromatic rings. The SMILES string of the molecule is COCc1nc(Cl)cc(NCc2ccncn2)n1. The quantitative estimate of drug-likeness (QED) is 0.829. The molecule has 0 fully saturated rings. The van der Waals surface area contributed by atoms with E-state index in [9.17, 15) is 0 Å². The summed E-state index contributed by atoms with van der Waals surface area (Å²) in [5.41, 5.74) is 0.869. The van der Waals surface area contributed by atoms with Crippen molar-refractivity contribution in [1.29, 1.82) is 0 Å². The van der Waals surface area contributed by atoms with Gasteiger partial charge in [-0.2, -0.15) is 0 Å². The monoisotopic (exact) mass is 265 g/mol. The number of ether oxygens (including phenoxy) is 1. The molecule has 94 valence electrons. The predicted octanol–water partition coefficient (Wildman–Crippen LogP) is 1.68. The van der Waals surface area contributed by atoms with Crippen LogP contribution in [0.5, 0.6) is 0 Å². The molecule has 2 aromatic heterocycles. The van der Waals surface area contributed by atoms with Gasteiger partial charge in [0.05, 0.1) is 12.2 Å². The highest BCUT2D eigenvalue weighted by Gasteiger charge is 2.03. The molecule has 0 aliphatic heterocycles. The lowest BCUT2D eigenvalue weighted by atomic mass is 10.4. The summed E-state index contributed by atoms with van der Waals surface area (Å²) in [5.74, 6) is 1.18. The Labute approximate surface area is 109 Å². The highest BCUT2D eigenvalue weighted by Crippen LogP contribution is 2.12. The molecule has 1 N–H and O–H groups in total. The van der Waals surface area contributed by atoms with E-state index in [0.717, 1.165) is 5.69 Å². The molecule has 7 heteroatoms. The van der Waals surface area contributed by atoms with Gasteiger partial charge in [0.25, 0.3) is 0 Å². The highest BCUT2D eigenvalue weighted by molar-refractivity contribution is 6.29. The molecular weight excluding hydrogens is 254 g/mol. The van der Waals surface area contributed by atoms with Gasteiger partial charge in [-0.3, -0.25) is 0 Å². The van der Waals surface area contributed by atoms with Crippen LogP contribution in [0.4, 0.5) is 5.82 Å². The van der Waals surface area contributed by atoms with Gasteiger partial charge in [0.1, 0.15) is 23.9 Å². The molecule has 0 aliphatic carbocycles. The third kappa shape index (κ3) is 3.61. The standard InChI is InChI=1S/C11H12ClN5O/c1-18-6-11-16-9(12)4-10(17-11)14-5-8-2-3-13-7-15-8/h2-4,7H,5-6H2,1H3,(H,14,16,17). The van der Waals surface area contributed by atoms with Crippen molar-refractivity contribution < 1.29 is 4.74 Å². The van der Waals surface area contributed by atoms with E-state index < -0.39 is 0 Å². The number of methoxy groups -OCH3 is 1. The van der Waals surface area contributed by atoms with Crippen LogP contribution >= 0.6 is 11.6 Å². The Bertz CT molecular complexity index is 508. The van der Waals surface area contributed by atoms with Crippen molar-refractivity contribution in [2.75, 3.05) is 12.4 Å². The first kappa shape index (κ1) is 12.7. The molecule has 0 atom stereocenters. The zero-order chi connectivity index (χ0) is 12.8. The number of hydrogen-bond acceptors (Lipinski definition) is 6. The summed E-state index contributed by atoms with van der Waals surface area (Å²) in [5, 5.41) is 3.50. The normalized spacial score (nSPS) is 10.3. The minimum Gasteiger partial charge on any atom is -0.377 e. The molecule has 0 spiro atoms. The van der Waals surface area contributed by atoms with Gasteiger partial charge in [0, 0.05) is 19.4 Å². The first-order valence-corrected chi connectivity index (χ1v) is 5.67. The van der Waals surface area contributed by atoms with E-state index in [4.69, 9.17) is 16.3 Å². The van der Waals surface area contributed by atoms with Gasteiger partial charge in [-0.05, 0) is 6.07 Å². The van der Waals surface area contributed by atoms with Crippen molar-refractivity contribution in [3.8, 4) is 0 Å². The van der Waals surface area contributed by atoms with Gasteiger partial charge in [0.15, 0.2) is 5.82 Å². The second-order valence-corrected chi connectivity index (χ2v) is 3.87. The summed E-state index contributed by atoms with van der Waals surface area (Å²) < 4.78 is 4.97. The molecule has 0 aliphatic rings. The average Bonchev–Trinajstić information content (AvgIpc) is 2.37. The summed E-state index contributed by atoms with van der Waals surface area (Å²) in [6, 6.07) is 3.48. The van der Waals surface area contributed by atoms with Gasteiger partial charge in [-0.15, -0.1) is 0 Å². The Hall–Kier alpha value is -1.79. The lowest BCUT2D eigenvalue weighted by Crippen LogP contribution is -2.06. The molecule has 0 radical (unpaired) electrons. The number of rotatable bonds is 5. The van der Waals surface area contributed by atoms with E-state index in [-0.39, 0.29) is 0 Å². The predicted molar refractivity (Wildman–Crippen MR) is 67.1 cm³/mol. The van der Waals surface area contributed by atoms with Crippen LogP contribution in [0.3, 0.4) is 0 Å². The van der Waals surface area contributed by atoms with Crippen LogP contribution in [-0.4, -0.2) is 27.0 Å². The van der Waals surface area contributed by atoms with Gasteiger partial charge in [-0.1, -0.05) is 11.6 Å². The average molecular weight is 266 g/mol. The summed E-state index contributed by atoms with van der Waals surface area (Å²) in [6.45, 7) is 0.866. The smallest absolute Gasteiger partial charge is 0.158 e. The molecule has 0 aromatic carbocycles. The first-order valence-electron chi connectivity index (χ1n) is 5.29. The molecule has 2 heterocycles. The Balaban J connectivity index is 2.05. The minimum atomic E-state index is 0.322. The number of hydrogen-bond donors (Lipinski definition) is 1. The maximum absolute atomic E-state index is 5.90. The summed E-state index contributed by atoms with van der Waals surface area (Å²) in [4.78, 5) is 16.3. The largest absolute Gasteiger partial charge is 0.377 e. The van der Waals surface area contributed by atoms with Crippen molar-refractivity contribution in [1.82, 2.24) is 19.9 Å². The fraction of sp³-hybridized carbons (Fsp3) is 0.273. The van der Waals surface area contributed by atoms with Crippen LogP contribution in [0.2, 0.25) is 5.15 Å². The van der Waals surface area contributed by atoms with Gasteiger partial charge >= 0.3 is 0 Å². The zero-order valence-electron chi connectivity index (χ0n) is 9.80. The van der Waals surface area contributed by atoms with E-state index in [1.807, 2.05) is 6.07 Å². The molecule has 0 bridgehead atoms. The first-order chi connectivity index (χ1) is 8.78. The Morgan fingerprint density at radius 3 is 3.00 bits per heavy atom. The Kier molecular flexibility index (Phi) is 4.38. The maximum Gasteiger partial charge on any atom is 0.158 e. The van der Waals surface area contributed by atoms with Crippen LogP contribution < -0.4 is 5.32 Å². The Morgan fingerprint density at radius 2 is 2.28 bits per heavy atom. The van der Waals surface area contributed by atoms with Crippen LogP contribution in [0, 0.1) is 0 Å². The summed E-state index contributed by atoms with van der Waals surface area (Å²) in [7, 11) is 1.58. The topological polar surface area (TPSA) is 72.8 Å². The molecule has 0 saturated heterocycles. The van der Waals surface area contributed by atoms with Crippen LogP contribution in [0.25, 0.3) is 0 Å². The number of nitrogens with zero attached hydrogens (tertiary/aromatic N) is 4. The molecule has 18 heavy (non-hydrogen) atoms. The van der Waals surface area contributed by atoms with Crippen LogP contribution in [0.15, 0.2) is 24.7 Å². The number of anilines is 1. The fourth-order valence-corrected chi connectivity index (χ4v) is 1.55. The van der Waals surface area contributed by atoms with E-state index in [2.05, 4.69) is 25.3 Å². The molecule has 0 amide bonds. The zero-order valence-corrected chi connectivity index (χ0v) is 10.6. The van der Waals surface area contributed by atoms with Crippen LogP contribution in [0.1, 0.15) is 11.5 Å². The number of halogens is 1. The molecular formula is C11H12ClN5O. The minimum absolute atomic E-state index is 0.322. The van der Waals surface area contributed by atoms with Gasteiger partial charge in [-0.25, -0.2) is 19.9 Å². The van der Waals surface area contributed by atoms with Crippen LogP contribution in [-0.2, 0) is 17.9 Å². The van der Waals surface area contributed by atoms with Crippen molar-refractivity contribution in [2.45, 2.75) is 13.2 Å². The van der Waals surface area contributed by atoms with E-state index >= 15 is 0 Å². The van der Waals surface area contributed by atoms with Gasteiger partial charge in [0.2, 0.25) is 0 Å². The number of nitrogens with one attached hydrogen (secondary N) is 1. The third-order valence-corrected chi connectivity index (χ3v) is 2.30. The molecule has 0 unspecified atom stereocenters. The summed E-state index contributed by atoms with van der Waals surface area (Å²) >= 11 is 5.90. The van der Waals surface area contributed by atoms with E-state index in [0.29, 0.717) is 29.9 Å². The molecule has 6 nitrogen and oxygen atoms in total.